The summed E-state index contributed by atoms with van der Waals surface area (Å²) in [5.41, 5.74) is 1.21. The van der Waals surface area contributed by atoms with Crippen molar-refractivity contribution in [2.24, 2.45) is 7.05 Å². The lowest BCUT2D eigenvalue weighted by Crippen LogP contribution is -2.59. The SMILES string of the molecule is CC(O)C(=O)N1CC(Nc2nc(-c3ccncc3)cc(=O)n2C)C1. The fraction of sp³-hybridized carbons (Fsp3) is 0.375. The van der Waals surface area contributed by atoms with E-state index in [0.717, 1.165) is 5.56 Å². The summed E-state index contributed by atoms with van der Waals surface area (Å²) in [7, 11) is 1.64. The maximum atomic E-state index is 12.2. The number of amides is 1. The Kier molecular flexibility index (Phi) is 4.30. The van der Waals surface area contributed by atoms with Crippen molar-refractivity contribution in [3.8, 4) is 11.3 Å². The second-order valence-corrected chi connectivity index (χ2v) is 5.86. The lowest BCUT2D eigenvalue weighted by molar-refractivity contribution is -0.143. The molecule has 3 heterocycles. The zero-order valence-electron chi connectivity index (χ0n) is 13.5. The van der Waals surface area contributed by atoms with Crippen molar-refractivity contribution in [2.45, 2.75) is 19.1 Å². The van der Waals surface area contributed by atoms with Gasteiger partial charge in [0, 0.05) is 44.2 Å². The molecule has 1 atom stereocenters. The molecule has 3 rings (SSSR count). The number of nitrogens with one attached hydrogen (secondary N) is 1. The summed E-state index contributed by atoms with van der Waals surface area (Å²) in [6.07, 6.45) is 2.29. The number of aliphatic hydroxyl groups excluding tert-OH is 1. The van der Waals surface area contributed by atoms with Gasteiger partial charge in [0.25, 0.3) is 11.5 Å². The van der Waals surface area contributed by atoms with Crippen LogP contribution >= 0.6 is 0 Å². The number of likely N-dealkylation sites (tertiary alicyclic amines) is 1. The number of hydrogen-bond donors (Lipinski definition) is 2. The van der Waals surface area contributed by atoms with Gasteiger partial charge in [0.05, 0.1) is 11.7 Å². The highest BCUT2D eigenvalue weighted by Gasteiger charge is 2.33. The Morgan fingerprint density at radius 1 is 1.38 bits per heavy atom. The average molecular weight is 329 g/mol. The third kappa shape index (κ3) is 3.13. The molecule has 0 radical (unpaired) electrons. The van der Waals surface area contributed by atoms with E-state index in [1.807, 2.05) is 0 Å². The van der Waals surface area contributed by atoms with Gasteiger partial charge in [0.15, 0.2) is 0 Å². The molecule has 1 unspecified atom stereocenters. The molecule has 0 aliphatic carbocycles. The predicted octanol–water partition coefficient (Wildman–Crippen LogP) is -0.154. The quantitative estimate of drug-likeness (QED) is 0.809. The minimum absolute atomic E-state index is 0.00140. The molecule has 2 N–H and O–H groups in total. The van der Waals surface area contributed by atoms with Crippen LogP contribution in [0.5, 0.6) is 0 Å². The maximum Gasteiger partial charge on any atom is 0.255 e. The molecule has 2 aromatic rings. The van der Waals surface area contributed by atoms with Crippen LogP contribution < -0.4 is 10.9 Å². The van der Waals surface area contributed by atoms with Crippen molar-refractivity contribution < 1.29 is 9.90 Å². The van der Waals surface area contributed by atoms with E-state index in [1.165, 1.54) is 17.6 Å². The van der Waals surface area contributed by atoms with Crippen LogP contribution in [0.25, 0.3) is 11.3 Å². The van der Waals surface area contributed by atoms with Crippen LogP contribution in [0.1, 0.15) is 6.92 Å². The Labute approximate surface area is 138 Å². The molecule has 8 nitrogen and oxygen atoms in total. The summed E-state index contributed by atoms with van der Waals surface area (Å²) in [6, 6.07) is 5.05. The molecule has 0 aromatic carbocycles. The molecule has 1 amide bonds. The first-order valence-electron chi connectivity index (χ1n) is 7.67. The first-order chi connectivity index (χ1) is 11.5. The molecule has 1 aliphatic heterocycles. The summed E-state index contributed by atoms with van der Waals surface area (Å²) in [4.78, 5) is 33.8. The normalized spacial score (nSPS) is 15.7. The zero-order valence-corrected chi connectivity index (χ0v) is 13.5. The second-order valence-electron chi connectivity index (χ2n) is 5.86. The van der Waals surface area contributed by atoms with Crippen LogP contribution in [0.15, 0.2) is 35.4 Å². The third-order valence-corrected chi connectivity index (χ3v) is 3.99. The van der Waals surface area contributed by atoms with Crippen LogP contribution in [0.3, 0.4) is 0 Å². The summed E-state index contributed by atoms with van der Waals surface area (Å²) < 4.78 is 1.43. The number of rotatable bonds is 4. The first kappa shape index (κ1) is 16.1. The van der Waals surface area contributed by atoms with Crippen molar-refractivity contribution in [2.75, 3.05) is 18.4 Å². The molecule has 1 saturated heterocycles. The van der Waals surface area contributed by atoms with E-state index in [-0.39, 0.29) is 17.5 Å². The van der Waals surface area contributed by atoms with Gasteiger partial charge in [-0.25, -0.2) is 4.98 Å². The second kappa shape index (κ2) is 6.40. The van der Waals surface area contributed by atoms with Gasteiger partial charge >= 0.3 is 0 Å². The molecular formula is C16H19N5O3. The molecule has 126 valence electrons. The van der Waals surface area contributed by atoms with Gasteiger partial charge in [-0.2, -0.15) is 0 Å². The van der Waals surface area contributed by atoms with Gasteiger partial charge in [-0.05, 0) is 19.1 Å². The Hall–Kier alpha value is -2.74. The lowest BCUT2D eigenvalue weighted by atomic mass is 10.1. The molecular weight excluding hydrogens is 310 g/mol. The molecule has 0 saturated carbocycles. The molecule has 2 aromatic heterocycles. The van der Waals surface area contributed by atoms with E-state index in [1.54, 1.807) is 36.5 Å². The average Bonchev–Trinajstić information content (AvgIpc) is 2.54. The zero-order chi connectivity index (χ0) is 17.3. The third-order valence-electron chi connectivity index (χ3n) is 3.99. The van der Waals surface area contributed by atoms with Crippen molar-refractivity contribution in [1.82, 2.24) is 19.4 Å². The topological polar surface area (TPSA) is 100 Å². The molecule has 1 fully saturated rings. The number of hydrogen-bond acceptors (Lipinski definition) is 6. The van der Waals surface area contributed by atoms with Crippen LogP contribution in [0.2, 0.25) is 0 Å². The monoisotopic (exact) mass is 329 g/mol. The molecule has 0 bridgehead atoms. The van der Waals surface area contributed by atoms with E-state index in [9.17, 15) is 14.7 Å². The maximum absolute atomic E-state index is 12.2. The lowest BCUT2D eigenvalue weighted by Gasteiger charge is -2.40. The van der Waals surface area contributed by atoms with Gasteiger partial charge in [-0.15, -0.1) is 0 Å². The van der Waals surface area contributed by atoms with Crippen molar-refractivity contribution >= 4 is 11.9 Å². The van der Waals surface area contributed by atoms with Gasteiger partial charge in [0.1, 0.15) is 6.10 Å². The Morgan fingerprint density at radius 2 is 2.04 bits per heavy atom. The van der Waals surface area contributed by atoms with Gasteiger partial charge in [-0.3, -0.25) is 19.1 Å². The molecule has 1 aliphatic rings. The number of aliphatic hydroxyl groups is 1. The number of pyridine rings is 1. The summed E-state index contributed by atoms with van der Waals surface area (Å²) >= 11 is 0. The van der Waals surface area contributed by atoms with Crippen LogP contribution in [0, 0.1) is 0 Å². The van der Waals surface area contributed by atoms with Gasteiger partial charge < -0.3 is 15.3 Å². The molecule has 8 heteroatoms. The number of carbonyl (C=O) groups is 1. The van der Waals surface area contributed by atoms with E-state index < -0.39 is 6.10 Å². The van der Waals surface area contributed by atoms with Crippen LogP contribution in [-0.2, 0) is 11.8 Å². The smallest absolute Gasteiger partial charge is 0.255 e. The largest absolute Gasteiger partial charge is 0.384 e. The van der Waals surface area contributed by atoms with E-state index in [4.69, 9.17) is 0 Å². The minimum Gasteiger partial charge on any atom is -0.384 e. The van der Waals surface area contributed by atoms with Crippen molar-refractivity contribution in [3.63, 3.8) is 0 Å². The number of aromatic nitrogens is 3. The standard InChI is InChI=1S/C16H19N5O3/c1-10(22)15(24)21-8-12(9-21)18-16-19-13(7-14(23)20(16)2)11-3-5-17-6-4-11/h3-7,10,12,22H,8-9H2,1-2H3,(H,18,19). The predicted molar refractivity (Wildman–Crippen MR) is 88.4 cm³/mol. The number of anilines is 1. The number of carbonyl (C=O) groups excluding carboxylic acids is 1. The highest BCUT2D eigenvalue weighted by molar-refractivity contribution is 5.81. The number of nitrogens with zero attached hydrogens (tertiary/aromatic N) is 4. The Morgan fingerprint density at radius 3 is 2.67 bits per heavy atom. The summed E-state index contributed by atoms with van der Waals surface area (Å²) in [6.45, 7) is 2.39. The molecule has 24 heavy (non-hydrogen) atoms. The minimum atomic E-state index is -0.997. The highest BCUT2D eigenvalue weighted by atomic mass is 16.3. The fourth-order valence-electron chi connectivity index (χ4n) is 2.54. The van der Waals surface area contributed by atoms with E-state index in [0.29, 0.717) is 24.7 Å². The summed E-state index contributed by atoms with van der Waals surface area (Å²) in [5, 5.41) is 12.5. The molecule has 0 spiro atoms. The summed E-state index contributed by atoms with van der Waals surface area (Å²) in [5.74, 6) is 0.156. The Balaban J connectivity index is 1.76. The van der Waals surface area contributed by atoms with E-state index >= 15 is 0 Å². The van der Waals surface area contributed by atoms with Gasteiger partial charge in [0.2, 0.25) is 5.95 Å². The van der Waals surface area contributed by atoms with Crippen LogP contribution in [0.4, 0.5) is 5.95 Å². The van der Waals surface area contributed by atoms with Gasteiger partial charge in [-0.1, -0.05) is 0 Å². The Bertz CT molecular complexity index is 797. The highest BCUT2D eigenvalue weighted by Crippen LogP contribution is 2.18. The first-order valence-corrected chi connectivity index (χ1v) is 7.67. The van der Waals surface area contributed by atoms with Crippen LogP contribution in [-0.4, -0.2) is 55.7 Å². The fourth-order valence-corrected chi connectivity index (χ4v) is 2.54. The van der Waals surface area contributed by atoms with Crippen molar-refractivity contribution in [1.29, 1.82) is 0 Å². The van der Waals surface area contributed by atoms with Crippen molar-refractivity contribution in [3.05, 3.63) is 40.9 Å². The van der Waals surface area contributed by atoms with E-state index in [2.05, 4.69) is 15.3 Å².